The molecule has 0 saturated heterocycles. The average Bonchev–Trinajstić information content (AvgIpc) is 2.78. The lowest BCUT2D eigenvalue weighted by Crippen LogP contribution is -2.32. The molecule has 2 aliphatic rings. The Morgan fingerprint density at radius 3 is 2.79 bits per heavy atom. The van der Waals surface area contributed by atoms with Crippen molar-refractivity contribution in [1.82, 2.24) is 0 Å². The van der Waals surface area contributed by atoms with Gasteiger partial charge in [0.05, 0.1) is 5.70 Å². The number of hydrogen-bond donors (Lipinski definition) is 3. The van der Waals surface area contributed by atoms with Crippen LogP contribution in [-0.2, 0) is 0 Å². The Morgan fingerprint density at radius 1 is 1.26 bits per heavy atom. The molecule has 0 aromatic heterocycles. The van der Waals surface area contributed by atoms with Gasteiger partial charge in [0, 0.05) is 23.9 Å². The molecule has 0 atom stereocenters. The fraction of sp³-hybridized carbons (Fsp3) is 0.143. The lowest BCUT2D eigenvalue weighted by molar-refractivity contribution is -0.0828. The van der Waals surface area contributed by atoms with E-state index in [2.05, 4.69) is 0 Å². The fourth-order valence-corrected chi connectivity index (χ4v) is 2.32. The summed E-state index contributed by atoms with van der Waals surface area (Å²) in [6.07, 6.45) is 6.24. The zero-order chi connectivity index (χ0) is 13.6. The van der Waals surface area contributed by atoms with Gasteiger partial charge in [0.15, 0.2) is 11.6 Å². The van der Waals surface area contributed by atoms with Crippen LogP contribution in [0.5, 0.6) is 5.75 Å². The van der Waals surface area contributed by atoms with Crippen molar-refractivity contribution < 1.29 is 19.7 Å². The van der Waals surface area contributed by atoms with Crippen LogP contribution in [-0.4, -0.2) is 27.7 Å². The summed E-state index contributed by atoms with van der Waals surface area (Å²) in [7, 11) is 0. The summed E-state index contributed by atoms with van der Waals surface area (Å²) < 4.78 is 13.4. The van der Waals surface area contributed by atoms with Crippen LogP contribution in [0.15, 0.2) is 53.8 Å². The minimum Gasteiger partial charge on any atom is -0.505 e. The number of fused-ring (bicyclic) bond motifs is 1. The summed E-state index contributed by atoms with van der Waals surface area (Å²) >= 11 is 0. The molecule has 19 heavy (non-hydrogen) atoms. The van der Waals surface area contributed by atoms with Crippen molar-refractivity contribution in [2.45, 2.75) is 5.79 Å². The van der Waals surface area contributed by atoms with Gasteiger partial charge in [-0.3, -0.25) is 0 Å². The van der Waals surface area contributed by atoms with Gasteiger partial charge >= 0.3 is 0 Å². The first-order chi connectivity index (χ1) is 8.99. The van der Waals surface area contributed by atoms with Crippen LogP contribution in [0.25, 0.3) is 0 Å². The van der Waals surface area contributed by atoms with Crippen molar-refractivity contribution in [2.24, 2.45) is 0 Å². The molecule has 4 nitrogen and oxygen atoms in total. The van der Waals surface area contributed by atoms with Gasteiger partial charge in [0.2, 0.25) is 5.79 Å². The third-order valence-corrected chi connectivity index (χ3v) is 3.27. The van der Waals surface area contributed by atoms with Crippen molar-refractivity contribution in [3.05, 3.63) is 59.6 Å². The molecule has 1 aromatic rings. The number of allylic oxidation sites excluding steroid dienone is 2. The van der Waals surface area contributed by atoms with Gasteiger partial charge in [0.1, 0.15) is 0 Å². The number of aliphatic hydroxyl groups is 2. The summed E-state index contributed by atoms with van der Waals surface area (Å²) in [6, 6.07) is 4.06. The lowest BCUT2D eigenvalue weighted by Gasteiger charge is -2.28. The monoisotopic (exact) mass is 261 g/mol. The highest BCUT2D eigenvalue weighted by molar-refractivity contribution is 5.65. The maximum absolute atomic E-state index is 13.4. The largest absolute Gasteiger partial charge is 0.505 e. The lowest BCUT2D eigenvalue weighted by atomic mass is 9.99. The van der Waals surface area contributed by atoms with Crippen LogP contribution in [0.1, 0.15) is 0 Å². The van der Waals surface area contributed by atoms with Crippen LogP contribution in [0.3, 0.4) is 0 Å². The number of nitrogens with zero attached hydrogens (tertiary/aromatic N) is 1. The number of benzene rings is 1. The molecule has 1 aliphatic heterocycles. The number of phenols is 1. The van der Waals surface area contributed by atoms with E-state index in [1.165, 1.54) is 18.2 Å². The maximum atomic E-state index is 13.4. The van der Waals surface area contributed by atoms with Crippen LogP contribution in [0.4, 0.5) is 10.1 Å². The van der Waals surface area contributed by atoms with Gasteiger partial charge in [-0.2, -0.15) is 0 Å². The van der Waals surface area contributed by atoms with Crippen LogP contribution in [0.2, 0.25) is 0 Å². The van der Waals surface area contributed by atoms with E-state index in [0.29, 0.717) is 23.5 Å². The Kier molecular flexibility index (Phi) is 2.48. The van der Waals surface area contributed by atoms with Crippen LogP contribution >= 0.6 is 0 Å². The van der Waals surface area contributed by atoms with E-state index >= 15 is 0 Å². The van der Waals surface area contributed by atoms with E-state index in [4.69, 9.17) is 0 Å². The van der Waals surface area contributed by atoms with E-state index in [1.807, 2.05) is 0 Å². The Labute approximate surface area is 109 Å². The predicted molar refractivity (Wildman–Crippen MR) is 67.9 cm³/mol. The molecule has 0 unspecified atom stereocenters. The van der Waals surface area contributed by atoms with Crippen molar-refractivity contribution in [3.63, 3.8) is 0 Å². The van der Waals surface area contributed by atoms with Gasteiger partial charge in [-0.05, 0) is 24.3 Å². The molecule has 1 aliphatic carbocycles. The summed E-state index contributed by atoms with van der Waals surface area (Å²) in [5, 5.41) is 28.8. The van der Waals surface area contributed by atoms with Gasteiger partial charge in [-0.15, -0.1) is 0 Å². The van der Waals surface area contributed by atoms with Gasteiger partial charge in [-0.1, -0.05) is 12.2 Å². The van der Waals surface area contributed by atoms with Crippen molar-refractivity contribution in [1.29, 1.82) is 0 Å². The summed E-state index contributed by atoms with van der Waals surface area (Å²) in [5.74, 6) is -3.11. The molecule has 3 rings (SSSR count). The third-order valence-electron chi connectivity index (χ3n) is 3.27. The normalized spacial score (nSPS) is 20.1. The van der Waals surface area contributed by atoms with E-state index in [-0.39, 0.29) is 0 Å². The first kappa shape index (κ1) is 12.0. The highest BCUT2D eigenvalue weighted by Crippen LogP contribution is 2.37. The number of phenolic OH excluding ortho intramolecular Hbond substituents is 1. The SMILES string of the molecule is Oc1ccc(N2CC=C3C2=CC=CC3(O)O)cc1F. The minimum atomic E-state index is -1.99. The second kappa shape index (κ2) is 3.94. The quantitative estimate of drug-likeness (QED) is 0.669. The number of rotatable bonds is 1. The fourth-order valence-electron chi connectivity index (χ4n) is 2.32. The zero-order valence-corrected chi connectivity index (χ0v) is 9.92. The Balaban J connectivity index is 2.00. The molecular weight excluding hydrogens is 249 g/mol. The highest BCUT2D eigenvalue weighted by atomic mass is 19.1. The van der Waals surface area contributed by atoms with E-state index in [0.717, 1.165) is 0 Å². The molecule has 3 N–H and O–H groups in total. The Morgan fingerprint density at radius 2 is 2.05 bits per heavy atom. The summed E-state index contributed by atoms with van der Waals surface area (Å²) in [5.41, 5.74) is 1.53. The molecule has 98 valence electrons. The molecular formula is C14H12FNO3. The van der Waals surface area contributed by atoms with Crippen molar-refractivity contribution in [3.8, 4) is 5.75 Å². The molecule has 0 spiro atoms. The average molecular weight is 261 g/mol. The molecule has 0 radical (unpaired) electrons. The topological polar surface area (TPSA) is 63.9 Å². The standard InChI is InChI=1S/C14H12FNO3/c15-11-8-9(3-4-13(11)17)16-7-5-10-12(16)2-1-6-14(10,18)19/h1-6,8,17-19H,7H2. The second-order valence-corrected chi connectivity index (χ2v) is 4.50. The molecule has 0 fully saturated rings. The van der Waals surface area contributed by atoms with Gasteiger partial charge in [0.25, 0.3) is 0 Å². The third kappa shape index (κ3) is 1.83. The number of anilines is 1. The Bertz CT molecular complexity index is 632. The molecule has 0 bridgehead atoms. The summed E-state index contributed by atoms with van der Waals surface area (Å²) in [4.78, 5) is 1.74. The smallest absolute Gasteiger partial charge is 0.212 e. The van der Waals surface area contributed by atoms with E-state index in [1.54, 1.807) is 29.2 Å². The Hall–Kier alpha value is -2.11. The number of aromatic hydroxyl groups is 1. The molecule has 1 aromatic carbocycles. The van der Waals surface area contributed by atoms with Crippen LogP contribution < -0.4 is 4.90 Å². The van der Waals surface area contributed by atoms with Crippen molar-refractivity contribution in [2.75, 3.05) is 11.4 Å². The van der Waals surface area contributed by atoms with Gasteiger partial charge < -0.3 is 20.2 Å². The number of halogens is 1. The van der Waals surface area contributed by atoms with E-state index in [9.17, 15) is 19.7 Å². The molecule has 0 saturated carbocycles. The molecule has 0 amide bonds. The number of hydrogen-bond acceptors (Lipinski definition) is 4. The maximum Gasteiger partial charge on any atom is 0.212 e. The first-order valence-corrected chi connectivity index (χ1v) is 5.80. The highest BCUT2D eigenvalue weighted by Gasteiger charge is 2.36. The van der Waals surface area contributed by atoms with E-state index < -0.39 is 17.4 Å². The van der Waals surface area contributed by atoms with Crippen LogP contribution in [0, 0.1) is 5.82 Å². The summed E-state index contributed by atoms with van der Waals surface area (Å²) in [6.45, 7) is 0.413. The minimum absolute atomic E-state index is 0.378. The zero-order valence-electron chi connectivity index (χ0n) is 9.92. The predicted octanol–water partition coefficient (Wildman–Crippen LogP) is 1.41. The van der Waals surface area contributed by atoms with Gasteiger partial charge in [-0.25, -0.2) is 4.39 Å². The van der Waals surface area contributed by atoms with Crippen molar-refractivity contribution >= 4 is 5.69 Å². The molecule has 1 heterocycles. The first-order valence-electron chi connectivity index (χ1n) is 5.80. The second-order valence-electron chi connectivity index (χ2n) is 4.50. The molecule has 5 heteroatoms.